The molecule has 9 nitrogen and oxygen atoms in total. The molecule has 188 valence electrons. The fraction of sp³-hybridized carbons (Fsp3) is 0.300. The number of hydrogen-bond acceptors (Lipinski definition) is 5. The molecule has 0 bridgehead atoms. The molecule has 1 saturated heterocycles. The van der Waals surface area contributed by atoms with Crippen molar-refractivity contribution in [3.05, 3.63) is 53.2 Å². The maximum atomic E-state index is 13.0. The standard InChI is InChI=1S/C20H15Cl6N3O6/c21-19(22,23)6-11-8-27-15(29(16(30)31)17(32)33)12(7-20(24,25)26)14(11)28-9-13(35-18(28)34)10-4-2-1-3-5-10/h1-5,8,13H,6-7,9H2,(H,30,31)(H,32,33). The minimum Gasteiger partial charge on any atom is -0.464 e. The van der Waals surface area contributed by atoms with E-state index >= 15 is 0 Å². The van der Waals surface area contributed by atoms with Gasteiger partial charge in [-0.1, -0.05) is 99.9 Å². The Labute approximate surface area is 229 Å². The van der Waals surface area contributed by atoms with E-state index in [1.54, 1.807) is 30.3 Å². The van der Waals surface area contributed by atoms with Crippen LogP contribution in [-0.2, 0) is 17.6 Å². The number of carbonyl (C=O) groups is 3. The van der Waals surface area contributed by atoms with Crippen molar-refractivity contribution in [2.24, 2.45) is 0 Å². The molecule has 1 aromatic carbocycles. The number of anilines is 2. The van der Waals surface area contributed by atoms with Gasteiger partial charge in [-0.3, -0.25) is 4.90 Å². The predicted octanol–water partition coefficient (Wildman–Crippen LogP) is 6.77. The minimum atomic E-state index is -2.05. The van der Waals surface area contributed by atoms with Crippen LogP contribution in [0.25, 0.3) is 0 Å². The molecule has 1 atom stereocenters. The lowest BCUT2D eigenvalue weighted by Gasteiger charge is -2.27. The van der Waals surface area contributed by atoms with E-state index in [4.69, 9.17) is 74.3 Å². The summed E-state index contributed by atoms with van der Waals surface area (Å²) in [6.45, 7) is -0.0494. The third-order valence-electron chi connectivity index (χ3n) is 4.82. The number of aromatic nitrogens is 1. The Morgan fingerprint density at radius 3 is 2.11 bits per heavy atom. The van der Waals surface area contributed by atoms with Gasteiger partial charge in [0.1, 0.15) is 6.10 Å². The van der Waals surface area contributed by atoms with Crippen LogP contribution in [-0.4, -0.2) is 47.6 Å². The zero-order chi connectivity index (χ0) is 26.1. The predicted molar refractivity (Wildman–Crippen MR) is 134 cm³/mol. The highest BCUT2D eigenvalue weighted by molar-refractivity contribution is 6.68. The van der Waals surface area contributed by atoms with E-state index in [2.05, 4.69) is 4.98 Å². The SMILES string of the molecule is O=C1OC(c2ccccc2)CN1c1c(CC(Cl)(Cl)Cl)cnc(N(C(=O)O)C(=O)O)c1CC(Cl)(Cl)Cl. The second kappa shape index (κ2) is 10.6. The number of benzene rings is 1. The van der Waals surface area contributed by atoms with Gasteiger partial charge in [-0.15, -0.1) is 0 Å². The summed E-state index contributed by atoms with van der Waals surface area (Å²) >= 11 is 36.0. The number of cyclic esters (lactones) is 1. The molecular formula is C20H15Cl6N3O6. The lowest BCUT2D eigenvalue weighted by Crippen LogP contribution is -2.37. The van der Waals surface area contributed by atoms with Gasteiger partial charge < -0.3 is 14.9 Å². The molecule has 2 heterocycles. The molecule has 1 aliphatic heterocycles. The maximum Gasteiger partial charge on any atom is 0.422 e. The van der Waals surface area contributed by atoms with Gasteiger partial charge in [0.2, 0.25) is 0 Å². The second-order valence-corrected chi connectivity index (χ2v) is 12.3. The number of carbonyl (C=O) groups excluding carboxylic acids is 1. The Balaban J connectivity index is 2.26. The van der Waals surface area contributed by atoms with Gasteiger partial charge in [0, 0.05) is 24.6 Å². The van der Waals surface area contributed by atoms with Crippen LogP contribution in [0.4, 0.5) is 25.9 Å². The molecular weight excluding hydrogens is 591 g/mol. The zero-order valence-corrected chi connectivity index (χ0v) is 21.8. The van der Waals surface area contributed by atoms with Crippen LogP contribution >= 0.6 is 69.6 Å². The Kier molecular flexibility index (Phi) is 8.41. The number of imide groups is 1. The molecule has 1 unspecified atom stereocenters. The first-order chi connectivity index (χ1) is 16.2. The van der Waals surface area contributed by atoms with Gasteiger partial charge in [0.15, 0.2) is 13.4 Å². The lowest BCUT2D eigenvalue weighted by molar-refractivity contribution is 0.142. The summed E-state index contributed by atoms with van der Waals surface area (Å²) in [6.07, 6.45) is -5.03. The number of ether oxygens (including phenoxy) is 1. The molecule has 3 amide bonds. The summed E-state index contributed by atoms with van der Waals surface area (Å²) in [6, 6.07) is 8.81. The van der Waals surface area contributed by atoms with Gasteiger partial charge in [-0.2, -0.15) is 4.90 Å². The van der Waals surface area contributed by atoms with E-state index < -0.39 is 44.2 Å². The molecule has 0 radical (unpaired) electrons. The van der Waals surface area contributed by atoms with Crippen LogP contribution in [0.3, 0.4) is 0 Å². The van der Waals surface area contributed by atoms with Gasteiger partial charge in [0.05, 0.1) is 12.2 Å². The van der Waals surface area contributed by atoms with Crippen LogP contribution in [0, 0.1) is 0 Å². The summed E-state index contributed by atoms with van der Waals surface area (Å²) in [5.74, 6) is -0.602. The van der Waals surface area contributed by atoms with Crippen LogP contribution in [0.15, 0.2) is 36.5 Å². The van der Waals surface area contributed by atoms with Gasteiger partial charge in [0.25, 0.3) is 0 Å². The number of pyridine rings is 1. The van der Waals surface area contributed by atoms with E-state index in [0.717, 1.165) is 11.1 Å². The number of carboxylic acid groups (broad SMARTS) is 2. The number of nitrogens with zero attached hydrogens (tertiary/aromatic N) is 3. The number of alkyl halides is 6. The summed E-state index contributed by atoms with van der Waals surface area (Å²) < 4.78 is 1.59. The largest absolute Gasteiger partial charge is 0.464 e. The molecule has 2 aromatic rings. The Morgan fingerprint density at radius 1 is 1.03 bits per heavy atom. The topological polar surface area (TPSA) is 120 Å². The van der Waals surface area contributed by atoms with E-state index in [9.17, 15) is 24.6 Å². The van der Waals surface area contributed by atoms with E-state index in [1.807, 2.05) is 0 Å². The zero-order valence-electron chi connectivity index (χ0n) is 17.3. The quantitative estimate of drug-likeness (QED) is 0.361. The van der Waals surface area contributed by atoms with E-state index in [0.29, 0.717) is 5.56 Å². The van der Waals surface area contributed by atoms with Gasteiger partial charge in [-0.25, -0.2) is 19.4 Å². The minimum absolute atomic E-state index is 0.0384. The first-order valence-corrected chi connectivity index (χ1v) is 11.9. The molecule has 15 heteroatoms. The normalized spacial score (nSPS) is 16.2. The van der Waals surface area contributed by atoms with E-state index in [-0.39, 0.29) is 34.7 Å². The van der Waals surface area contributed by atoms with Crippen molar-refractivity contribution in [2.75, 3.05) is 16.3 Å². The smallest absolute Gasteiger partial charge is 0.422 e. The highest BCUT2D eigenvalue weighted by Crippen LogP contribution is 2.44. The highest BCUT2D eigenvalue weighted by Gasteiger charge is 2.41. The van der Waals surface area contributed by atoms with Crippen molar-refractivity contribution in [2.45, 2.75) is 26.5 Å². The van der Waals surface area contributed by atoms with Crippen molar-refractivity contribution in [3.8, 4) is 0 Å². The van der Waals surface area contributed by atoms with Crippen molar-refractivity contribution in [1.29, 1.82) is 0 Å². The molecule has 3 rings (SSSR count). The van der Waals surface area contributed by atoms with Crippen LogP contribution in [0.2, 0.25) is 0 Å². The fourth-order valence-electron chi connectivity index (χ4n) is 3.56. The van der Waals surface area contributed by atoms with Crippen LogP contribution < -0.4 is 9.80 Å². The molecule has 1 fully saturated rings. The summed E-state index contributed by atoms with van der Waals surface area (Å²) in [5, 5.41) is 19.0. The van der Waals surface area contributed by atoms with E-state index in [1.165, 1.54) is 0 Å². The Morgan fingerprint density at radius 2 is 1.60 bits per heavy atom. The summed E-state index contributed by atoms with van der Waals surface area (Å²) in [5.41, 5.74) is 0.608. The summed E-state index contributed by atoms with van der Waals surface area (Å²) in [4.78, 5) is 41.5. The molecule has 0 saturated carbocycles. The number of rotatable bonds is 5. The summed E-state index contributed by atoms with van der Waals surface area (Å²) in [7, 11) is 0. The Hall–Kier alpha value is -1.88. The number of amides is 3. The van der Waals surface area contributed by atoms with Crippen molar-refractivity contribution in [1.82, 2.24) is 4.98 Å². The van der Waals surface area contributed by atoms with Gasteiger partial charge in [-0.05, 0) is 11.1 Å². The van der Waals surface area contributed by atoms with Crippen molar-refractivity contribution >= 4 is 99.4 Å². The molecule has 1 aliphatic rings. The molecule has 2 N–H and O–H groups in total. The van der Waals surface area contributed by atoms with Crippen LogP contribution in [0.1, 0.15) is 22.8 Å². The molecule has 0 aliphatic carbocycles. The average molecular weight is 606 g/mol. The number of halogens is 6. The third-order valence-corrected chi connectivity index (χ3v) is 5.62. The van der Waals surface area contributed by atoms with Crippen LogP contribution in [0.5, 0.6) is 0 Å². The Bertz CT molecular complexity index is 1120. The maximum absolute atomic E-state index is 13.0. The third kappa shape index (κ3) is 6.87. The second-order valence-electron chi connectivity index (χ2n) is 7.31. The highest BCUT2D eigenvalue weighted by atomic mass is 35.6. The first kappa shape index (κ1) is 27.7. The lowest BCUT2D eigenvalue weighted by atomic mass is 10.0. The first-order valence-electron chi connectivity index (χ1n) is 9.61. The molecule has 1 aromatic heterocycles. The molecule has 35 heavy (non-hydrogen) atoms. The monoisotopic (exact) mass is 603 g/mol. The van der Waals surface area contributed by atoms with Gasteiger partial charge >= 0.3 is 18.3 Å². The van der Waals surface area contributed by atoms with Crippen molar-refractivity contribution in [3.63, 3.8) is 0 Å². The average Bonchev–Trinajstić information content (AvgIpc) is 3.09. The fourth-order valence-corrected chi connectivity index (χ4v) is 4.40. The molecule has 0 spiro atoms. The number of hydrogen-bond donors (Lipinski definition) is 2. The van der Waals surface area contributed by atoms with Crippen molar-refractivity contribution < 1.29 is 29.3 Å².